The maximum absolute atomic E-state index is 6.22. The fourth-order valence-electron chi connectivity index (χ4n) is 2.97. The standard InChI is InChI=1S/C12H16ClN3/c13-10-7-14-4-3-11(10)16-5-1-2-9-6-15-8-12(9)16/h3-4,7,9,12,15H,1-2,5-6,8H2. The van der Waals surface area contributed by atoms with Gasteiger partial charge in [-0.3, -0.25) is 4.98 Å². The molecule has 16 heavy (non-hydrogen) atoms. The van der Waals surface area contributed by atoms with E-state index in [0.29, 0.717) is 6.04 Å². The second kappa shape index (κ2) is 4.22. The number of pyridine rings is 1. The lowest BCUT2D eigenvalue weighted by atomic mass is 9.91. The van der Waals surface area contributed by atoms with Crippen LogP contribution in [0.3, 0.4) is 0 Å². The minimum atomic E-state index is 0.619. The lowest BCUT2D eigenvalue weighted by Gasteiger charge is -2.39. The molecule has 0 bridgehead atoms. The molecule has 2 aliphatic rings. The highest BCUT2D eigenvalue weighted by Gasteiger charge is 2.35. The van der Waals surface area contributed by atoms with E-state index < -0.39 is 0 Å². The highest BCUT2D eigenvalue weighted by atomic mass is 35.5. The van der Waals surface area contributed by atoms with Gasteiger partial charge in [-0.2, -0.15) is 0 Å². The van der Waals surface area contributed by atoms with Crippen LogP contribution in [0, 0.1) is 5.92 Å². The summed E-state index contributed by atoms with van der Waals surface area (Å²) in [6.45, 7) is 3.36. The monoisotopic (exact) mass is 237 g/mol. The Morgan fingerprint density at radius 2 is 2.38 bits per heavy atom. The van der Waals surface area contributed by atoms with E-state index in [0.717, 1.165) is 36.3 Å². The predicted octanol–water partition coefficient (Wildman–Crippen LogP) is 1.92. The van der Waals surface area contributed by atoms with Crippen LogP contribution < -0.4 is 10.2 Å². The molecule has 0 aliphatic carbocycles. The highest BCUT2D eigenvalue weighted by molar-refractivity contribution is 6.33. The van der Waals surface area contributed by atoms with Crippen molar-refractivity contribution in [2.45, 2.75) is 18.9 Å². The van der Waals surface area contributed by atoms with Gasteiger partial charge in [-0.25, -0.2) is 0 Å². The Morgan fingerprint density at radius 3 is 3.25 bits per heavy atom. The van der Waals surface area contributed by atoms with Gasteiger partial charge in [-0.15, -0.1) is 0 Å². The Labute approximate surface area is 101 Å². The van der Waals surface area contributed by atoms with Gasteiger partial charge in [0, 0.05) is 38.1 Å². The summed E-state index contributed by atoms with van der Waals surface area (Å²) in [5.41, 5.74) is 1.15. The molecule has 2 aliphatic heterocycles. The third-order valence-electron chi connectivity index (χ3n) is 3.74. The van der Waals surface area contributed by atoms with Gasteiger partial charge in [-0.05, 0) is 24.8 Å². The smallest absolute Gasteiger partial charge is 0.0822 e. The second-order valence-corrected chi connectivity index (χ2v) is 5.06. The molecular formula is C12H16ClN3. The van der Waals surface area contributed by atoms with E-state index in [9.17, 15) is 0 Å². The fourth-order valence-corrected chi connectivity index (χ4v) is 3.20. The number of fused-ring (bicyclic) bond motifs is 1. The number of anilines is 1. The number of nitrogens with one attached hydrogen (secondary N) is 1. The molecule has 2 fully saturated rings. The molecule has 0 aromatic carbocycles. The van der Waals surface area contributed by atoms with Crippen molar-refractivity contribution >= 4 is 17.3 Å². The second-order valence-electron chi connectivity index (χ2n) is 4.65. The maximum atomic E-state index is 6.22. The molecule has 3 nitrogen and oxygen atoms in total. The van der Waals surface area contributed by atoms with Crippen LogP contribution in [0.15, 0.2) is 18.5 Å². The number of aromatic nitrogens is 1. The van der Waals surface area contributed by atoms with Crippen molar-refractivity contribution in [2.75, 3.05) is 24.5 Å². The number of hydrogen-bond donors (Lipinski definition) is 1. The Hall–Kier alpha value is -0.800. The van der Waals surface area contributed by atoms with Crippen LogP contribution in [0.2, 0.25) is 5.02 Å². The summed E-state index contributed by atoms with van der Waals surface area (Å²) in [4.78, 5) is 6.51. The minimum absolute atomic E-state index is 0.619. The Balaban J connectivity index is 1.91. The van der Waals surface area contributed by atoms with Crippen LogP contribution in [0.4, 0.5) is 5.69 Å². The summed E-state index contributed by atoms with van der Waals surface area (Å²) < 4.78 is 0. The molecule has 3 rings (SSSR count). The molecule has 1 aromatic heterocycles. The number of rotatable bonds is 1. The zero-order valence-electron chi connectivity index (χ0n) is 9.19. The third kappa shape index (κ3) is 1.68. The lowest BCUT2D eigenvalue weighted by molar-refractivity contribution is 0.385. The molecule has 0 saturated carbocycles. The zero-order chi connectivity index (χ0) is 11.0. The molecule has 0 radical (unpaired) electrons. The van der Waals surface area contributed by atoms with E-state index in [1.165, 1.54) is 12.8 Å². The van der Waals surface area contributed by atoms with Gasteiger partial charge in [0.2, 0.25) is 0 Å². The van der Waals surface area contributed by atoms with Crippen molar-refractivity contribution in [3.8, 4) is 0 Å². The number of hydrogen-bond acceptors (Lipinski definition) is 3. The van der Waals surface area contributed by atoms with E-state index in [4.69, 9.17) is 11.6 Å². The predicted molar refractivity (Wildman–Crippen MR) is 66.0 cm³/mol. The molecule has 0 amide bonds. The van der Waals surface area contributed by atoms with Crippen LogP contribution in [0.25, 0.3) is 0 Å². The summed E-state index contributed by atoms with van der Waals surface area (Å²) >= 11 is 6.22. The van der Waals surface area contributed by atoms with Crippen LogP contribution in [-0.2, 0) is 0 Å². The van der Waals surface area contributed by atoms with Gasteiger partial charge >= 0.3 is 0 Å². The molecule has 3 heterocycles. The lowest BCUT2D eigenvalue weighted by Crippen LogP contribution is -2.45. The SMILES string of the molecule is Clc1cnccc1N1CCCC2CNCC21. The topological polar surface area (TPSA) is 28.2 Å². The summed E-state index contributed by atoms with van der Waals surface area (Å²) in [6.07, 6.45) is 6.18. The van der Waals surface area contributed by atoms with Gasteiger partial charge in [0.25, 0.3) is 0 Å². The number of halogens is 1. The van der Waals surface area contributed by atoms with Gasteiger partial charge in [-0.1, -0.05) is 11.6 Å². The Morgan fingerprint density at radius 1 is 1.44 bits per heavy atom. The molecule has 1 N–H and O–H groups in total. The van der Waals surface area contributed by atoms with Crippen molar-refractivity contribution in [1.82, 2.24) is 10.3 Å². The summed E-state index contributed by atoms with van der Waals surface area (Å²) in [7, 11) is 0. The Bertz CT molecular complexity index is 382. The quantitative estimate of drug-likeness (QED) is 0.809. The fraction of sp³-hybridized carbons (Fsp3) is 0.583. The van der Waals surface area contributed by atoms with Crippen molar-refractivity contribution in [2.24, 2.45) is 5.92 Å². The average molecular weight is 238 g/mol. The van der Waals surface area contributed by atoms with Crippen LogP contribution >= 0.6 is 11.6 Å². The van der Waals surface area contributed by atoms with Crippen molar-refractivity contribution in [3.05, 3.63) is 23.5 Å². The van der Waals surface area contributed by atoms with Crippen LogP contribution in [0.1, 0.15) is 12.8 Å². The van der Waals surface area contributed by atoms with Crippen molar-refractivity contribution in [1.29, 1.82) is 0 Å². The number of piperidine rings is 1. The number of nitrogens with zero attached hydrogens (tertiary/aromatic N) is 2. The van der Waals surface area contributed by atoms with Gasteiger partial charge < -0.3 is 10.2 Å². The molecule has 1 aromatic rings. The van der Waals surface area contributed by atoms with E-state index in [2.05, 4.69) is 15.2 Å². The molecule has 2 unspecified atom stereocenters. The van der Waals surface area contributed by atoms with E-state index in [-0.39, 0.29) is 0 Å². The van der Waals surface area contributed by atoms with Gasteiger partial charge in [0.05, 0.1) is 10.7 Å². The summed E-state index contributed by atoms with van der Waals surface area (Å²) in [5, 5.41) is 4.26. The van der Waals surface area contributed by atoms with E-state index >= 15 is 0 Å². The van der Waals surface area contributed by atoms with E-state index in [1.807, 2.05) is 12.3 Å². The first kappa shape index (κ1) is 10.4. The summed E-state index contributed by atoms with van der Waals surface area (Å²) in [5.74, 6) is 0.790. The highest BCUT2D eigenvalue weighted by Crippen LogP contribution is 2.34. The molecule has 4 heteroatoms. The molecule has 86 valence electrons. The zero-order valence-corrected chi connectivity index (χ0v) is 9.95. The molecule has 2 atom stereocenters. The minimum Gasteiger partial charge on any atom is -0.366 e. The largest absolute Gasteiger partial charge is 0.366 e. The maximum Gasteiger partial charge on any atom is 0.0822 e. The van der Waals surface area contributed by atoms with Crippen LogP contribution in [-0.4, -0.2) is 30.7 Å². The molecular weight excluding hydrogens is 222 g/mol. The first-order valence-electron chi connectivity index (χ1n) is 5.93. The first-order chi connectivity index (χ1) is 7.86. The van der Waals surface area contributed by atoms with Gasteiger partial charge in [0.1, 0.15) is 0 Å². The third-order valence-corrected chi connectivity index (χ3v) is 4.03. The summed E-state index contributed by atoms with van der Waals surface area (Å²) in [6, 6.07) is 2.65. The first-order valence-corrected chi connectivity index (χ1v) is 6.31. The van der Waals surface area contributed by atoms with Gasteiger partial charge in [0.15, 0.2) is 0 Å². The Kier molecular flexibility index (Phi) is 2.74. The molecule has 2 saturated heterocycles. The normalized spacial score (nSPS) is 29.2. The van der Waals surface area contributed by atoms with Crippen molar-refractivity contribution < 1.29 is 0 Å². The van der Waals surface area contributed by atoms with Crippen molar-refractivity contribution in [3.63, 3.8) is 0 Å². The van der Waals surface area contributed by atoms with Crippen LogP contribution in [0.5, 0.6) is 0 Å². The molecule has 0 spiro atoms. The average Bonchev–Trinajstić information content (AvgIpc) is 2.77. The van der Waals surface area contributed by atoms with E-state index in [1.54, 1.807) is 6.20 Å².